The maximum atomic E-state index is 12.1. The zero-order valence-electron chi connectivity index (χ0n) is 17.3. The van der Waals surface area contributed by atoms with Gasteiger partial charge >= 0.3 is 13.1 Å². The van der Waals surface area contributed by atoms with E-state index >= 15 is 0 Å². The first-order valence-corrected chi connectivity index (χ1v) is 10.2. The van der Waals surface area contributed by atoms with Crippen molar-refractivity contribution < 1.29 is 34.6 Å². The van der Waals surface area contributed by atoms with Gasteiger partial charge in [-0.25, -0.2) is 4.79 Å². The van der Waals surface area contributed by atoms with Crippen LogP contribution in [0.4, 0.5) is 0 Å². The van der Waals surface area contributed by atoms with Gasteiger partial charge in [0.05, 0.1) is 0 Å². The minimum atomic E-state index is -1.51. The summed E-state index contributed by atoms with van der Waals surface area (Å²) in [5.41, 5.74) is 10.4. The molecule has 1 amide bonds. The number of carboxylic acid groups (broad SMARTS) is 1. The molecule has 3 atom stereocenters. The first kappa shape index (κ1) is 23.3. The Labute approximate surface area is 180 Å². The molecule has 2 aliphatic rings. The summed E-state index contributed by atoms with van der Waals surface area (Å²) in [7, 11) is -1.51. The molecule has 12 heteroatoms. The van der Waals surface area contributed by atoms with Crippen LogP contribution in [0.2, 0.25) is 5.82 Å². The second-order valence-corrected chi connectivity index (χ2v) is 8.50. The average Bonchev–Trinajstić information content (AvgIpc) is 3.44. The molecule has 1 aliphatic carbocycles. The van der Waals surface area contributed by atoms with Crippen LogP contribution in [0.25, 0.3) is 0 Å². The van der Waals surface area contributed by atoms with E-state index in [9.17, 15) is 29.9 Å². The fourth-order valence-corrected chi connectivity index (χ4v) is 3.92. The lowest BCUT2D eigenvalue weighted by molar-refractivity contribution is -0.127. The number of nitrogens with two attached hydrogens (primary N) is 2. The van der Waals surface area contributed by atoms with E-state index in [1.165, 1.54) is 6.07 Å². The van der Waals surface area contributed by atoms with Crippen molar-refractivity contribution in [3.63, 3.8) is 0 Å². The number of phenols is 1. The highest BCUT2D eigenvalue weighted by Crippen LogP contribution is 2.56. The van der Waals surface area contributed by atoms with Gasteiger partial charge < -0.3 is 41.8 Å². The largest absolute Gasteiger partial charge is 0.507 e. The average molecular weight is 436 g/mol. The van der Waals surface area contributed by atoms with Gasteiger partial charge in [0.15, 0.2) is 0 Å². The van der Waals surface area contributed by atoms with Crippen molar-refractivity contribution >= 4 is 19.0 Å². The third kappa shape index (κ3) is 5.10. The molecule has 9 N–H and O–H groups in total. The summed E-state index contributed by atoms with van der Waals surface area (Å²) in [4.78, 5) is 25.8. The standard InChI is InChI=1S/C19H29BN4O7/c1-19(22,18(28)23-5-4-21)9-24-7-10(8-24)31-14-3-2-11(12-6-13(12)20(29)30)16(25)15(14)17(26)27/h2-3,10,12-13,25,29-30H,4-9,21-22H2,1H3,(H,23,28)(H,26,27)/t12-,13-,19-/m1/s1. The molecule has 170 valence electrons. The summed E-state index contributed by atoms with van der Waals surface area (Å²) in [5, 5.41) is 41.3. The number of amides is 1. The smallest absolute Gasteiger partial charge is 0.455 e. The molecule has 2 fully saturated rings. The Bertz CT molecular complexity index is 845. The van der Waals surface area contributed by atoms with Crippen LogP contribution in [0.5, 0.6) is 11.5 Å². The normalized spacial score (nSPS) is 22.9. The Kier molecular flexibility index (Phi) is 6.77. The second-order valence-electron chi connectivity index (χ2n) is 8.50. The third-order valence-electron chi connectivity index (χ3n) is 5.72. The molecule has 0 radical (unpaired) electrons. The summed E-state index contributed by atoms with van der Waals surface area (Å²) in [5.74, 6) is -2.75. The van der Waals surface area contributed by atoms with E-state index in [4.69, 9.17) is 16.2 Å². The summed E-state index contributed by atoms with van der Waals surface area (Å²) >= 11 is 0. The summed E-state index contributed by atoms with van der Waals surface area (Å²) in [6.07, 6.45) is 0.137. The number of carbonyl (C=O) groups is 2. The number of nitrogens with one attached hydrogen (secondary N) is 1. The Morgan fingerprint density at radius 1 is 1.35 bits per heavy atom. The number of likely N-dealkylation sites (tertiary alicyclic amines) is 1. The molecular formula is C19H29BN4O7. The lowest BCUT2D eigenvalue weighted by Gasteiger charge is -2.42. The summed E-state index contributed by atoms with van der Waals surface area (Å²) < 4.78 is 5.78. The Hall–Kier alpha value is -2.38. The van der Waals surface area contributed by atoms with Gasteiger partial charge in [-0.2, -0.15) is 0 Å². The second kappa shape index (κ2) is 9.01. The lowest BCUT2D eigenvalue weighted by Crippen LogP contribution is -2.64. The van der Waals surface area contributed by atoms with Crippen LogP contribution >= 0.6 is 0 Å². The van der Waals surface area contributed by atoms with E-state index in [0.29, 0.717) is 44.7 Å². The van der Waals surface area contributed by atoms with E-state index in [2.05, 4.69) is 5.32 Å². The highest BCUT2D eigenvalue weighted by Gasteiger charge is 2.48. The van der Waals surface area contributed by atoms with Crippen LogP contribution in [-0.4, -0.2) is 88.5 Å². The van der Waals surface area contributed by atoms with E-state index < -0.39 is 30.2 Å². The molecule has 31 heavy (non-hydrogen) atoms. The molecular weight excluding hydrogens is 407 g/mol. The Balaban J connectivity index is 1.61. The highest BCUT2D eigenvalue weighted by atomic mass is 16.5. The number of hydrogen-bond acceptors (Lipinski definition) is 9. The maximum absolute atomic E-state index is 12.1. The lowest BCUT2D eigenvalue weighted by atomic mass is 9.81. The van der Waals surface area contributed by atoms with Crippen LogP contribution in [0.15, 0.2) is 12.1 Å². The number of carbonyl (C=O) groups excluding carboxylic acids is 1. The maximum Gasteiger partial charge on any atom is 0.455 e. The quantitative estimate of drug-likeness (QED) is 0.208. The van der Waals surface area contributed by atoms with Gasteiger partial charge in [0.1, 0.15) is 28.7 Å². The van der Waals surface area contributed by atoms with Crippen LogP contribution in [0.3, 0.4) is 0 Å². The Morgan fingerprint density at radius 3 is 2.58 bits per heavy atom. The first-order chi connectivity index (χ1) is 14.5. The molecule has 0 spiro atoms. The molecule has 1 aliphatic heterocycles. The van der Waals surface area contributed by atoms with Crippen molar-refractivity contribution in [3.05, 3.63) is 23.3 Å². The van der Waals surface area contributed by atoms with E-state index in [0.717, 1.165) is 0 Å². The number of aromatic carboxylic acids is 1. The minimum Gasteiger partial charge on any atom is -0.507 e. The molecule has 0 bridgehead atoms. The number of carboxylic acids is 1. The third-order valence-corrected chi connectivity index (χ3v) is 5.72. The molecule has 0 unspecified atom stereocenters. The number of nitrogens with zero attached hydrogens (tertiary/aromatic N) is 1. The molecule has 1 saturated heterocycles. The zero-order chi connectivity index (χ0) is 22.9. The van der Waals surface area contributed by atoms with Gasteiger partial charge in [-0.15, -0.1) is 0 Å². The van der Waals surface area contributed by atoms with Crippen molar-refractivity contribution in [2.45, 2.75) is 36.7 Å². The number of rotatable bonds is 10. The molecule has 0 aromatic heterocycles. The Morgan fingerprint density at radius 2 is 2.03 bits per heavy atom. The van der Waals surface area contributed by atoms with Crippen LogP contribution in [0, 0.1) is 0 Å². The number of aromatic hydroxyl groups is 1. The highest BCUT2D eigenvalue weighted by molar-refractivity contribution is 6.44. The molecule has 1 aromatic rings. The zero-order valence-corrected chi connectivity index (χ0v) is 17.3. The predicted molar refractivity (Wildman–Crippen MR) is 112 cm³/mol. The van der Waals surface area contributed by atoms with Gasteiger partial charge in [0.2, 0.25) is 5.91 Å². The SMILES string of the molecule is C[C@@](N)(CN1CC(Oc2ccc([C@H]3C[C@H]3B(O)O)c(O)c2C(=O)O)C1)C(=O)NCCN. The summed E-state index contributed by atoms with van der Waals surface area (Å²) in [6.45, 7) is 3.47. The van der Waals surface area contributed by atoms with E-state index in [1.54, 1.807) is 13.0 Å². The van der Waals surface area contributed by atoms with Gasteiger partial charge in [0.25, 0.3) is 0 Å². The van der Waals surface area contributed by atoms with Crippen LogP contribution < -0.4 is 21.5 Å². The van der Waals surface area contributed by atoms with Crippen molar-refractivity contribution in [1.29, 1.82) is 0 Å². The van der Waals surface area contributed by atoms with E-state index in [-0.39, 0.29) is 29.2 Å². The molecule has 1 heterocycles. The molecule has 1 aromatic carbocycles. The van der Waals surface area contributed by atoms with Crippen molar-refractivity contribution in [1.82, 2.24) is 10.2 Å². The van der Waals surface area contributed by atoms with Crippen molar-refractivity contribution in [3.8, 4) is 11.5 Å². The number of benzene rings is 1. The molecule has 1 saturated carbocycles. The number of hydrogen-bond donors (Lipinski definition) is 7. The fraction of sp³-hybridized carbons (Fsp3) is 0.579. The van der Waals surface area contributed by atoms with Gasteiger partial charge in [-0.3, -0.25) is 9.69 Å². The van der Waals surface area contributed by atoms with Gasteiger partial charge in [-0.1, -0.05) is 6.07 Å². The summed E-state index contributed by atoms with van der Waals surface area (Å²) in [6, 6.07) is 3.03. The topological polar surface area (TPSA) is 192 Å². The predicted octanol–water partition coefficient (Wildman–Crippen LogP) is -1.72. The number of ether oxygens (including phenoxy) is 1. The van der Waals surface area contributed by atoms with E-state index in [1.807, 2.05) is 4.90 Å². The van der Waals surface area contributed by atoms with Crippen LogP contribution in [-0.2, 0) is 4.79 Å². The van der Waals surface area contributed by atoms with Crippen LogP contribution in [0.1, 0.15) is 35.2 Å². The van der Waals surface area contributed by atoms with Crippen molar-refractivity contribution in [2.75, 3.05) is 32.7 Å². The molecule has 3 rings (SSSR count). The van der Waals surface area contributed by atoms with Crippen molar-refractivity contribution in [2.24, 2.45) is 11.5 Å². The minimum absolute atomic E-state index is 0.0383. The monoisotopic (exact) mass is 436 g/mol. The fourth-order valence-electron chi connectivity index (χ4n) is 3.92. The van der Waals surface area contributed by atoms with Gasteiger partial charge in [-0.05, 0) is 30.9 Å². The molecule has 11 nitrogen and oxygen atoms in total. The first-order valence-electron chi connectivity index (χ1n) is 10.2. The van der Waals surface area contributed by atoms with Gasteiger partial charge in [0, 0.05) is 38.5 Å².